The standard InChI is InChI=1S/C24H30ClN3O2/c1-17-7-3-4-11-27(17)12-6-10-26-24(29)22-15-23-21(13-18(2)30-23)28(22)16-19-8-5-9-20(25)14-19/h5,8-9,13-15,17H,3-4,6-7,10-12,16H2,1-2H3,(H,26,29). The summed E-state index contributed by atoms with van der Waals surface area (Å²) in [6.07, 6.45) is 4.85. The maximum Gasteiger partial charge on any atom is 0.268 e. The van der Waals surface area contributed by atoms with Crippen LogP contribution < -0.4 is 5.32 Å². The molecule has 0 aliphatic carbocycles. The molecule has 6 heteroatoms. The van der Waals surface area contributed by atoms with Crippen LogP contribution in [0.3, 0.4) is 0 Å². The van der Waals surface area contributed by atoms with Crippen molar-refractivity contribution in [2.75, 3.05) is 19.6 Å². The number of carbonyl (C=O) groups is 1. The molecule has 0 radical (unpaired) electrons. The lowest BCUT2D eigenvalue weighted by Crippen LogP contribution is -2.39. The number of fused-ring (bicyclic) bond motifs is 1. The molecule has 1 amide bonds. The summed E-state index contributed by atoms with van der Waals surface area (Å²) in [6, 6.07) is 12.2. The maximum absolute atomic E-state index is 13.0. The zero-order valence-corrected chi connectivity index (χ0v) is 18.5. The van der Waals surface area contributed by atoms with Gasteiger partial charge in [-0.1, -0.05) is 30.2 Å². The van der Waals surface area contributed by atoms with Gasteiger partial charge in [-0.2, -0.15) is 0 Å². The second kappa shape index (κ2) is 9.27. The number of aryl methyl sites for hydroxylation is 1. The number of amides is 1. The molecule has 0 bridgehead atoms. The van der Waals surface area contributed by atoms with E-state index in [0.29, 0.717) is 29.8 Å². The lowest BCUT2D eigenvalue weighted by Gasteiger charge is -2.33. The Morgan fingerprint density at radius 3 is 2.93 bits per heavy atom. The van der Waals surface area contributed by atoms with Gasteiger partial charge in [0.1, 0.15) is 11.5 Å². The molecule has 4 rings (SSSR count). The van der Waals surface area contributed by atoms with Gasteiger partial charge in [-0.25, -0.2) is 0 Å². The first-order chi connectivity index (χ1) is 14.5. The predicted molar refractivity (Wildman–Crippen MR) is 121 cm³/mol. The van der Waals surface area contributed by atoms with Crippen LogP contribution in [-0.2, 0) is 6.54 Å². The fraction of sp³-hybridized carbons (Fsp3) is 0.458. The molecule has 1 aliphatic rings. The zero-order chi connectivity index (χ0) is 21.1. The molecule has 1 aromatic carbocycles. The molecule has 160 valence electrons. The fourth-order valence-electron chi connectivity index (χ4n) is 4.41. The molecule has 1 N–H and O–H groups in total. The third kappa shape index (κ3) is 4.73. The van der Waals surface area contributed by atoms with Crippen LogP contribution in [0.2, 0.25) is 5.02 Å². The van der Waals surface area contributed by atoms with Gasteiger partial charge in [0.2, 0.25) is 0 Å². The number of rotatable bonds is 7. The minimum atomic E-state index is -0.0622. The highest BCUT2D eigenvalue weighted by Crippen LogP contribution is 2.25. The topological polar surface area (TPSA) is 50.4 Å². The highest BCUT2D eigenvalue weighted by molar-refractivity contribution is 6.30. The van der Waals surface area contributed by atoms with Crippen LogP contribution in [-0.4, -0.2) is 41.1 Å². The van der Waals surface area contributed by atoms with E-state index >= 15 is 0 Å². The third-order valence-corrected chi connectivity index (χ3v) is 6.26. The summed E-state index contributed by atoms with van der Waals surface area (Å²) in [4.78, 5) is 15.5. The van der Waals surface area contributed by atoms with E-state index in [2.05, 4.69) is 17.1 Å². The highest BCUT2D eigenvalue weighted by atomic mass is 35.5. The van der Waals surface area contributed by atoms with Gasteiger partial charge < -0.3 is 19.2 Å². The van der Waals surface area contributed by atoms with Gasteiger partial charge in [0.15, 0.2) is 5.58 Å². The molecule has 1 atom stereocenters. The van der Waals surface area contributed by atoms with E-state index in [1.54, 1.807) is 0 Å². The number of carbonyl (C=O) groups excluding carboxylic acids is 1. The fourth-order valence-corrected chi connectivity index (χ4v) is 4.62. The molecule has 3 heterocycles. The smallest absolute Gasteiger partial charge is 0.268 e. The first-order valence-corrected chi connectivity index (χ1v) is 11.3. The van der Waals surface area contributed by atoms with Crippen molar-refractivity contribution in [2.45, 2.75) is 52.1 Å². The van der Waals surface area contributed by atoms with E-state index in [1.807, 2.05) is 47.9 Å². The van der Waals surface area contributed by atoms with Crippen molar-refractivity contribution in [3.63, 3.8) is 0 Å². The number of likely N-dealkylation sites (tertiary alicyclic amines) is 1. The van der Waals surface area contributed by atoms with Crippen LogP contribution in [0, 0.1) is 6.92 Å². The van der Waals surface area contributed by atoms with Gasteiger partial charge in [0.05, 0.1) is 5.52 Å². The largest absolute Gasteiger partial charge is 0.460 e. The Bertz CT molecular complexity index is 1020. The normalized spacial score (nSPS) is 17.5. The Hall–Kier alpha value is -2.24. The first-order valence-electron chi connectivity index (χ1n) is 10.9. The first kappa shape index (κ1) is 21.0. The van der Waals surface area contributed by atoms with Crippen molar-refractivity contribution >= 4 is 28.6 Å². The van der Waals surface area contributed by atoms with Gasteiger partial charge in [-0.3, -0.25) is 4.79 Å². The third-order valence-electron chi connectivity index (χ3n) is 6.02. The number of hydrogen-bond acceptors (Lipinski definition) is 3. The predicted octanol–water partition coefficient (Wildman–Crippen LogP) is 5.24. The Kier molecular flexibility index (Phi) is 6.49. The summed E-state index contributed by atoms with van der Waals surface area (Å²) in [6.45, 7) is 7.67. The Morgan fingerprint density at radius 1 is 1.27 bits per heavy atom. The Balaban J connectivity index is 1.44. The average Bonchev–Trinajstić information content (AvgIpc) is 3.23. The SMILES string of the molecule is Cc1cc2c(cc(C(=O)NCCCN3CCCCC3C)n2Cc2cccc(Cl)c2)o1. The number of furan rings is 1. The average molecular weight is 428 g/mol. The van der Waals surface area contributed by atoms with Gasteiger partial charge in [-0.15, -0.1) is 0 Å². The summed E-state index contributed by atoms with van der Waals surface area (Å²) in [5.41, 5.74) is 3.34. The van der Waals surface area contributed by atoms with Crippen LogP contribution in [0.5, 0.6) is 0 Å². The van der Waals surface area contributed by atoms with Gasteiger partial charge >= 0.3 is 0 Å². The molecule has 30 heavy (non-hydrogen) atoms. The molecule has 3 aromatic rings. The Morgan fingerprint density at radius 2 is 2.13 bits per heavy atom. The number of nitrogens with zero attached hydrogens (tertiary/aromatic N) is 2. The highest BCUT2D eigenvalue weighted by Gasteiger charge is 2.20. The molecule has 0 spiro atoms. The lowest BCUT2D eigenvalue weighted by molar-refractivity contribution is 0.0940. The minimum Gasteiger partial charge on any atom is -0.460 e. The van der Waals surface area contributed by atoms with E-state index in [1.165, 1.54) is 25.8 Å². The van der Waals surface area contributed by atoms with Crippen LogP contribution in [0.1, 0.15) is 54.4 Å². The minimum absolute atomic E-state index is 0.0622. The van der Waals surface area contributed by atoms with Crippen molar-refractivity contribution in [1.29, 1.82) is 0 Å². The number of hydrogen-bond donors (Lipinski definition) is 1. The number of piperidine rings is 1. The van der Waals surface area contributed by atoms with Crippen molar-refractivity contribution in [2.24, 2.45) is 0 Å². The van der Waals surface area contributed by atoms with Gasteiger partial charge in [-0.05, 0) is 57.4 Å². The van der Waals surface area contributed by atoms with Gasteiger partial charge in [0.25, 0.3) is 5.91 Å². The van der Waals surface area contributed by atoms with E-state index in [-0.39, 0.29) is 5.91 Å². The van der Waals surface area contributed by atoms with E-state index < -0.39 is 0 Å². The van der Waals surface area contributed by atoms with Gasteiger partial charge in [0, 0.05) is 42.8 Å². The van der Waals surface area contributed by atoms with E-state index in [9.17, 15) is 4.79 Å². The molecule has 1 unspecified atom stereocenters. The lowest BCUT2D eigenvalue weighted by atomic mass is 10.0. The summed E-state index contributed by atoms with van der Waals surface area (Å²) in [5.74, 6) is 0.773. The number of halogens is 1. The summed E-state index contributed by atoms with van der Waals surface area (Å²) < 4.78 is 7.80. The molecule has 2 aromatic heterocycles. The second-order valence-corrected chi connectivity index (χ2v) is 8.78. The van der Waals surface area contributed by atoms with E-state index in [4.69, 9.17) is 16.0 Å². The quantitative estimate of drug-likeness (QED) is 0.524. The van der Waals surface area contributed by atoms with Crippen molar-refractivity contribution in [1.82, 2.24) is 14.8 Å². The summed E-state index contributed by atoms with van der Waals surface area (Å²) >= 11 is 6.16. The second-order valence-electron chi connectivity index (χ2n) is 8.34. The van der Waals surface area contributed by atoms with E-state index in [0.717, 1.165) is 35.4 Å². The molecular weight excluding hydrogens is 398 g/mol. The maximum atomic E-state index is 13.0. The molecular formula is C24H30ClN3O2. The summed E-state index contributed by atoms with van der Waals surface area (Å²) in [5, 5.41) is 3.79. The molecule has 1 aliphatic heterocycles. The van der Waals surface area contributed by atoms with Crippen LogP contribution in [0.4, 0.5) is 0 Å². The van der Waals surface area contributed by atoms with Crippen LogP contribution >= 0.6 is 11.6 Å². The van der Waals surface area contributed by atoms with Crippen molar-refractivity contribution in [3.8, 4) is 0 Å². The summed E-state index contributed by atoms with van der Waals surface area (Å²) in [7, 11) is 0. The zero-order valence-electron chi connectivity index (χ0n) is 17.8. The van der Waals surface area contributed by atoms with Crippen LogP contribution in [0.25, 0.3) is 11.1 Å². The molecule has 5 nitrogen and oxygen atoms in total. The van der Waals surface area contributed by atoms with Crippen molar-refractivity contribution in [3.05, 3.63) is 58.4 Å². The molecule has 1 fully saturated rings. The van der Waals surface area contributed by atoms with Crippen LogP contribution in [0.15, 0.2) is 40.8 Å². The Labute approximate surface area is 183 Å². The monoisotopic (exact) mass is 427 g/mol. The number of nitrogens with one attached hydrogen (secondary N) is 1. The number of benzene rings is 1. The van der Waals surface area contributed by atoms with Crippen molar-refractivity contribution < 1.29 is 9.21 Å². The molecule has 0 saturated carbocycles. The number of aromatic nitrogens is 1. The molecule has 1 saturated heterocycles.